The van der Waals surface area contributed by atoms with E-state index in [1.165, 1.54) is 6.92 Å². The molecule has 0 spiro atoms. The number of hydrogen-bond donors (Lipinski definition) is 2. The quantitative estimate of drug-likeness (QED) is 0.589. The minimum absolute atomic E-state index is 0.321. The minimum atomic E-state index is -1.09. The number of nitrogens with one attached hydrogen (secondary N) is 2. The van der Waals surface area contributed by atoms with E-state index in [0.29, 0.717) is 11.3 Å². The van der Waals surface area contributed by atoms with Gasteiger partial charge in [-0.2, -0.15) is 0 Å². The summed E-state index contributed by atoms with van der Waals surface area (Å²) in [5.41, 5.74) is 7.83. The number of esters is 1. The zero-order valence-electron chi connectivity index (χ0n) is 16.4. The van der Waals surface area contributed by atoms with Crippen molar-refractivity contribution in [1.82, 2.24) is 10.9 Å². The first-order valence-electron chi connectivity index (χ1n) is 8.83. The number of hydrazine groups is 1. The summed E-state index contributed by atoms with van der Waals surface area (Å²) >= 11 is 0. The van der Waals surface area contributed by atoms with Crippen LogP contribution < -0.4 is 15.6 Å². The van der Waals surface area contributed by atoms with Crippen LogP contribution in [0.3, 0.4) is 0 Å². The molecule has 2 N–H and O–H groups in total. The third-order valence-corrected chi connectivity index (χ3v) is 3.95. The molecular formula is C21H24N2O5. The van der Waals surface area contributed by atoms with E-state index in [-0.39, 0.29) is 6.61 Å². The highest BCUT2D eigenvalue weighted by molar-refractivity contribution is 5.95. The van der Waals surface area contributed by atoms with Crippen LogP contribution in [0.25, 0.3) is 0 Å². The number of benzene rings is 2. The molecule has 0 unspecified atom stereocenters. The van der Waals surface area contributed by atoms with E-state index >= 15 is 0 Å². The van der Waals surface area contributed by atoms with Gasteiger partial charge in [0.25, 0.3) is 11.8 Å². The zero-order chi connectivity index (χ0) is 20.7. The predicted octanol–water partition coefficient (Wildman–Crippen LogP) is 2.38. The van der Waals surface area contributed by atoms with Crippen molar-refractivity contribution >= 4 is 17.8 Å². The Morgan fingerprint density at radius 2 is 1.57 bits per heavy atom. The number of amides is 2. The predicted molar refractivity (Wildman–Crippen MR) is 104 cm³/mol. The number of rotatable bonds is 6. The molecule has 0 bridgehead atoms. The Bertz CT molecular complexity index is 841. The van der Waals surface area contributed by atoms with Crippen LogP contribution in [-0.4, -0.2) is 30.5 Å². The molecule has 148 valence electrons. The van der Waals surface area contributed by atoms with Crippen LogP contribution in [0, 0.1) is 20.8 Å². The summed E-state index contributed by atoms with van der Waals surface area (Å²) < 4.78 is 10.6. The Morgan fingerprint density at radius 1 is 0.964 bits per heavy atom. The Hall–Kier alpha value is -3.35. The van der Waals surface area contributed by atoms with Gasteiger partial charge in [0.2, 0.25) is 0 Å². The molecule has 2 aromatic rings. The standard InChI is InChI=1S/C21H24N2O5/c1-13-10-14(2)19(15(3)11-13)27-12-18(24)28-16(4)20(25)22-23-21(26)17-8-6-5-7-9-17/h5-11,16H,12H2,1-4H3,(H,22,25)(H,23,26)/t16-/m0/s1. The molecule has 0 heterocycles. The van der Waals surface area contributed by atoms with Crippen molar-refractivity contribution in [2.24, 2.45) is 0 Å². The second kappa shape index (κ2) is 9.55. The molecule has 7 heteroatoms. The average molecular weight is 384 g/mol. The number of hydrogen-bond acceptors (Lipinski definition) is 5. The van der Waals surface area contributed by atoms with E-state index in [0.717, 1.165) is 16.7 Å². The van der Waals surface area contributed by atoms with E-state index in [2.05, 4.69) is 10.9 Å². The lowest BCUT2D eigenvalue weighted by atomic mass is 10.1. The molecule has 0 aliphatic carbocycles. The highest BCUT2D eigenvalue weighted by Crippen LogP contribution is 2.24. The van der Waals surface area contributed by atoms with Crippen LogP contribution in [0.2, 0.25) is 0 Å². The zero-order valence-corrected chi connectivity index (χ0v) is 16.4. The molecule has 2 amide bonds. The van der Waals surface area contributed by atoms with Crippen molar-refractivity contribution in [3.05, 3.63) is 64.7 Å². The van der Waals surface area contributed by atoms with E-state index in [1.807, 2.05) is 32.9 Å². The van der Waals surface area contributed by atoms with Crippen molar-refractivity contribution < 1.29 is 23.9 Å². The second-order valence-corrected chi connectivity index (χ2v) is 6.46. The molecule has 0 aliphatic heterocycles. The van der Waals surface area contributed by atoms with Gasteiger partial charge in [0.05, 0.1) is 0 Å². The van der Waals surface area contributed by atoms with Crippen molar-refractivity contribution in [1.29, 1.82) is 0 Å². The van der Waals surface area contributed by atoms with Gasteiger partial charge >= 0.3 is 5.97 Å². The maximum atomic E-state index is 12.0. The third kappa shape index (κ3) is 5.84. The largest absolute Gasteiger partial charge is 0.481 e. The molecule has 28 heavy (non-hydrogen) atoms. The molecule has 1 atom stereocenters. The molecule has 0 radical (unpaired) electrons. The average Bonchev–Trinajstić information content (AvgIpc) is 2.65. The first kappa shape index (κ1) is 21.0. The van der Waals surface area contributed by atoms with E-state index in [9.17, 15) is 14.4 Å². The lowest BCUT2D eigenvalue weighted by molar-refractivity contribution is -0.156. The summed E-state index contributed by atoms with van der Waals surface area (Å²) in [6.45, 7) is 6.86. The molecule has 0 aliphatic rings. The molecule has 0 saturated heterocycles. The monoisotopic (exact) mass is 384 g/mol. The van der Waals surface area contributed by atoms with Gasteiger partial charge in [-0.3, -0.25) is 20.4 Å². The highest BCUT2D eigenvalue weighted by atomic mass is 16.6. The summed E-state index contributed by atoms with van der Waals surface area (Å²) in [4.78, 5) is 35.8. The first-order valence-corrected chi connectivity index (χ1v) is 8.83. The second-order valence-electron chi connectivity index (χ2n) is 6.46. The van der Waals surface area contributed by atoms with Gasteiger partial charge in [-0.1, -0.05) is 35.9 Å². The number of ether oxygens (including phenoxy) is 2. The Morgan fingerprint density at radius 3 is 2.18 bits per heavy atom. The van der Waals surface area contributed by atoms with Crippen LogP contribution in [0.5, 0.6) is 5.75 Å². The van der Waals surface area contributed by atoms with Gasteiger partial charge in [0.1, 0.15) is 5.75 Å². The van der Waals surface area contributed by atoms with Gasteiger partial charge in [-0.25, -0.2) is 4.79 Å². The van der Waals surface area contributed by atoms with Crippen LogP contribution in [-0.2, 0) is 14.3 Å². The molecule has 0 aromatic heterocycles. The SMILES string of the molecule is Cc1cc(C)c(OCC(=O)O[C@@H](C)C(=O)NNC(=O)c2ccccc2)c(C)c1. The van der Waals surface area contributed by atoms with Crippen molar-refractivity contribution in [2.75, 3.05) is 6.61 Å². The summed E-state index contributed by atoms with van der Waals surface area (Å²) in [5.74, 6) is -1.19. The summed E-state index contributed by atoms with van der Waals surface area (Å²) in [6.07, 6.45) is -1.09. The maximum absolute atomic E-state index is 12.0. The van der Waals surface area contributed by atoms with Gasteiger partial charge in [0.15, 0.2) is 12.7 Å². The molecule has 0 fully saturated rings. The molecule has 7 nitrogen and oxygen atoms in total. The highest BCUT2D eigenvalue weighted by Gasteiger charge is 2.19. The van der Waals surface area contributed by atoms with Gasteiger partial charge in [-0.05, 0) is 51.0 Å². The Labute approximate surface area is 164 Å². The van der Waals surface area contributed by atoms with E-state index in [1.54, 1.807) is 30.3 Å². The molecule has 2 rings (SSSR count). The van der Waals surface area contributed by atoms with Crippen LogP contribution >= 0.6 is 0 Å². The lowest BCUT2D eigenvalue weighted by Crippen LogP contribution is -2.47. The van der Waals surface area contributed by atoms with Gasteiger partial charge in [-0.15, -0.1) is 0 Å². The normalized spacial score (nSPS) is 11.3. The Balaban J connectivity index is 1.80. The fourth-order valence-corrected chi connectivity index (χ4v) is 2.69. The summed E-state index contributed by atoms with van der Waals surface area (Å²) in [7, 11) is 0. The first-order chi connectivity index (χ1) is 13.3. The van der Waals surface area contributed by atoms with Crippen LogP contribution in [0.15, 0.2) is 42.5 Å². The van der Waals surface area contributed by atoms with E-state index < -0.39 is 23.9 Å². The van der Waals surface area contributed by atoms with E-state index in [4.69, 9.17) is 9.47 Å². The molecule has 2 aromatic carbocycles. The topological polar surface area (TPSA) is 93.7 Å². The van der Waals surface area contributed by atoms with Gasteiger partial charge in [0, 0.05) is 5.56 Å². The number of carbonyl (C=O) groups is 3. The maximum Gasteiger partial charge on any atom is 0.344 e. The smallest absolute Gasteiger partial charge is 0.344 e. The Kier molecular flexibility index (Phi) is 7.14. The summed E-state index contributed by atoms with van der Waals surface area (Å²) in [6, 6.07) is 12.3. The number of carbonyl (C=O) groups excluding carboxylic acids is 3. The van der Waals surface area contributed by atoms with Crippen LogP contribution in [0.1, 0.15) is 34.0 Å². The van der Waals surface area contributed by atoms with Crippen molar-refractivity contribution in [3.8, 4) is 5.75 Å². The van der Waals surface area contributed by atoms with Crippen molar-refractivity contribution in [3.63, 3.8) is 0 Å². The van der Waals surface area contributed by atoms with Crippen LogP contribution in [0.4, 0.5) is 0 Å². The van der Waals surface area contributed by atoms with Crippen molar-refractivity contribution in [2.45, 2.75) is 33.8 Å². The molecular weight excluding hydrogens is 360 g/mol. The van der Waals surface area contributed by atoms with Gasteiger partial charge < -0.3 is 9.47 Å². The third-order valence-electron chi connectivity index (χ3n) is 3.95. The fourth-order valence-electron chi connectivity index (χ4n) is 2.69. The molecule has 0 saturated carbocycles. The summed E-state index contributed by atoms with van der Waals surface area (Å²) in [5, 5.41) is 0. The lowest BCUT2D eigenvalue weighted by Gasteiger charge is -2.16. The number of aryl methyl sites for hydroxylation is 3. The minimum Gasteiger partial charge on any atom is -0.481 e. The fraction of sp³-hybridized carbons (Fsp3) is 0.286.